The molecule has 1 fully saturated rings. The first-order valence-electron chi connectivity index (χ1n) is 9.44. The third kappa shape index (κ3) is 5.11. The molecule has 1 N–H and O–H groups in total. The van der Waals surface area contributed by atoms with Crippen molar-refractivity contribution in [1.82, 2.24) is 4.31 Å². The molecular weight excluding hydrogens is 376 g/mol. The molecule has 7 heteroatoms. The summed E-state index contributed by atoms with van der Waals surface area (Å²) >= 11 is 0. The van der Waals surface area contributed by atoms with Gasteiger partial charge in [0.1, 0.15) is 5.75 Å². The van der Waals surface area contributed by atoms with E-state index < -0.39 is 10.0 Å². The molecule has 3 rings (SSSR count). The van der Waals surface area contributed by atoms with Crippen molar-refractivity contribution in [2.75, 3.05) is 25.0 Å². The number of nitrogens with zero attached hydrogens (tertiary/aromatic N) is 1. The molecule has 0 aromatic heterocycles. The van der Waals surface area contributed by atoms with Gasteiger partial charge >= 0.3 is 0 Å². The number of amides is 1. The number of sulfonamides is 1. The van der Waals surface area contributed by atoms with Gasteiger partial charge in [-0.25, -0.2) is 8.42 Å². The molecule has 0 aliphatic carbocycles. The fourth-order valence-electron chi connectivity index (χ4n) is 3.14. The predicted octanol–water partition coefficient (Wildman–Crippen LogP) is 3.43. The number of hydrogen-bond donors (Lipinski definition) is 1. The largest absolute Gasteiger partial charge is 0.484 e. The molecule has 0 saturated carbocycles. The molecule has 0 radical (unpaired) electrons. The van der Waals surface area contributed by atoms with Crippen molar-refractivity contribution in [1.29, 1.82) is 0 Å². The van der Waals surface area contributed by atoms with Crippen LogP contribution in [0.1, 0.15) is 25.3 Å². The van der Waals surface area contributed by atoms with E-state index in [1.807, 2.05) is 25.1 Å². The van der Waals surface area contributed by atoms with Gasteiger partial charge in [-0.1, -0.05) is 19.1 Å². The number of ether oxygens (including phenoxy) is 1. The van der Waals surface area contributed by atoms with E-state index in [1.54, 1.807) is 18.2 Å². The van der Waals surface area contributed by atoms with Crippen LogP contribution in [0.4, 0.5) is 5.69 Å². The van der Waals surface area contributed by atoms with E-state index in [9.17, 15) is 13.2 Å². The fraction of sp³-hybridized carbons (Fsp3) is 0.381. The monoisotopic (exact) mass is 402 g/mol. The normalized spacial score (nSPS) is 15.9. The van der Waals surface area contributed by atoms with Crippen LogP contribution < -0.4 is 10.1 Å². The number of aryl methyl sites for hydroxylation is 1. The zero-order chi connectivity index (χ0) is 20.1. The zero-order valence-electron chi connectivity index (χ0n) is 16.2. The SMILES string of the molecule is Cc1cccc(OCC(=O)Nc2ccc(S(=O)(=O)N3CCC(C)CC3)cc2)c1. The topological polar surface area (TPSA) is 75.7 Å². The van der Waals surface area contributed by atoms with Crippen LogP contribution in [0, 0.1) is 12.8 Å². The third-order valence-corrected chi connectivity index (χ3v) is 6.79. The number of hydrogen-bond acceptors (Lipinski definition) is 4. The Morgan fingerprint density at radius 2 is 1.82 bits per heavy atom. The second-order valence-corrected chi connectivity index (χ2v) is 9.20. The minimum atomic E-state index is -3.49. The van der Waals surface area contributed by atoms with Gasteiger partial charge in [0.05, 0.1) is 4.90 Å². The average molecular weight is 403 g/mol. The fourth-order valence-corrected chi connectivity index (χ4v) is 4.61. The smallest absolute Gasteiger partial charge is 0.262 e. The Bertz CT molecular complexity index is 918. The zero-order valence-corrected chi connectivity index (χ0v) is 17.0. The van der Waals surface area contributed by atoms with Crippen LogP contribution in [0.25, 0.3) is 0 Å². The molecule has 0 atom stereocenters. The van der Waals surface area contributed by atoms with Gasteiger partial charge in [0, 0.05) is 18.8 Å². The van der Waals surface area contributed by atoms with Crippen LogP contribution in [-0.2, 0) is 14.8 Å². The van der Waals surface area contributed by atoms with Crippen molar-refractivity contribution in [3.8, 4) is 5.75 Å². The van der Waals surface area contributed by atoms with Crippen molar-refractivity contribution in [2.45, 2.75) is 31.6 Å². The summed E-state index contributed by atoms with van der Waals surface area (Å²) in [6.07, 6.45) is 1.77. The van der Waals surface area contributed by atoms with Gasteiger partial charge in [-0.05, 0) is 67.6 Å². The van der Waals surface area contributed by atoms with Gasteiger partial charge in [0.15, 0.2) is 6.61 Å². The Morgan fingerprint density at radius 3 is 2.46 bits per heavy atom. The van der Waals surface area contributed by atoms with Crippen LogP contribution in [0.15, 0.2) is 53.4 Å². The lowest BCUT2D eigenvalue weighted by Crippen LogP contribution is -2.37. The van der Waals surface area contributed by atoms with Crippen molar-refractivity contribution in [3.63, 3.8) is 0 Å². The Morgan fingerprint density at radius 1 is 1.14 bits per heavy atom. The van der Waals surface area contributed by atoms with E-state index in [0.717, 1.165) is 18.4 Å². The Balaban J connectivity index is 1.57. The van der Waals surface area contributed by atoms with Gasteiger partial charge in [0.25, 0.3) is 5.91 Å². The van der Waals surface area contributed by atoms with E-state index >= 15 is 0 Å². The first-order valence-corrected chi connectivity index (χ1v) is 10.9. The second-order valence-electron chi connectivity index (χ2n) is 7.26. The molecule has 0 spiro atoms. The summed E-state index contributed by atoms with van der Waals surface area (Å²) in [5.41, 5.74) is 1.59. The molecule has 1 aliphatic heterocycles. The molecule has 0 bridgehead atoms. The number of benzene rings is 2. The molecule has 28 heavy (non-hydrogen) atoms. The average Bonchev–Trinajstić information content (AvgIpc) is 2.67. The van der Waals surface area contributed by atoms with Gasteiger partial charge in [-0.3, -0.25) is 4.79 Å². The first kappa shape index (κ1) is 20.4. The van der Waals surface area contributed by atoms with Crippen molar-refractivity contribution < 1.29 is 17.9 Å². The van der Waals surface area contributed by atoms with Crippen LogP contribution in [0.2, 0.25) is 0 Å². The Kier molecular flexibility index (Phi) is 6.36. The van der Waals surface area contributed by atoms with Gasteiger partial charge < -0.3 is 10.1 Å². The highest BCUT2D eigenvalue weighted by atomic mass is 32.2. The highest BCUT2D eigenvalue weighted by Crippen LogP contribution is 2.24. The van der Waals surface area contributed by atoms with E-state index in [-0.39, 0.29) is 17.4 Å². The van der Waals surface area contributed by atoms with E-state index in [2.05, 4.69) is 12.2 Å². The van der Waals surface area contributed by atoms with E-state index in [4.69, 9.17) is 4.74 Å². The number of anilines is 1. The van der Waals surface area contributed by atoms with Gasteiger partial charge in [-0.2, -0.15) is 4.31 Å². The molecule has 1 heterocycles. The molecule has 1 amide bonds. The van der Waals surface area contributed by atoms with Crippen molar-refractivity contribution >= 4 is 21.6 Å². The standard InChI is InChI=1S/C21H26N2O4S/c1-16-10-12-23(13-11-16)28(25,26)20-8-6-18(7-9-20)22-21(24)15-27-19-5-3-4-17(2)14-19/h3-9,14,16H,10-13,15H2,1-2H3,(H,22,24). The summed E-state index contributed by atoms with van der Waals surface area (Å²) in [5.74, 6) is 0.889. The third-order valence-electron chi connectivity index (χ3n) is 4.88. The van der Waals surface area contributed by atoms with E-state index in [0.29, 0.717) is 30.4 Å². The lowest BCUT2D eigenvalue weighted by Gasteiger charge is -2.29. The lowest BCUT2D eigenvalue weighted by atomic mass is 10.0. The summed E-state index contributed by atoms with van der Waals surface area (Å²) in [5, 5.41) is 2.72. The maximum Gasteiger partial charge on any atom is 0.262 e. The molecular formula is C21H26N2O4S. The van der Waals surface area contributed by atoms with Gasteiger partial charge in [0.2, 0.25) is 10.0 Å². The Labute approximate surface area is 166 Å². The second kappa shape index (κ2) is 8.75. The van der Waals surface area contributed by atoms with Crippen LogP contribution in [-0.4, -0.2) is 38.3 Å². The van der Waals surface area contributed by atoms with E-state index in [1.165, 1.54) is 16.4 Å². The summed E-state index contributed by atoms with van der Waals surface area (Å²) in [4.78, 5) is 12.3. The molecule has 1 saturated heterocycles. The molecule has 2 aromatic carbocycles. The summed E-state index contributed by atoms with van der Waals surface area (Å²) in [7, 11) is -3.49. The summed E-state index contributed by atoms with van der Waals surface area (Å²) in [6.45, 7) is 5.09. The van der Waals surface area contributed by atoms with Gasteiger partial charge in [-0.15, -0.1) is 0 Å². The minimum Gasteiger partial charge on any atom is -0.484 e. The lowest BCUT2D eigenvalue weighted by molar-refractivity contribution is -0.118. The van der Waals surface area contributed by atoms with Crippen molar-refractivity contribution in [2.24, 2.45) is 5.92 Å². The van der Waals surface area contributed by atoms with Crippen LogP contribution in [0.5, 0.6) is 5.75 Å². The van der Waals surface area contributed by atoms with Crippen LogP contribution >= 0.6 is 0 Å². The Hall–Kier alpha value is -2.38. The highest BCUT2D eigenvalue weighted by molar-refractivity contribution is 7.89. The minimum absolute atomic E-state index is 0.116. The van der Waals surface area contributed by atoms with Crippen molar-refractivity contribution in [3.05, 3.63) is 54.1 Å². The molecule has 6 nitrogen and oxygen atoms in total. The molecule has 0 unspecified atom stereocenters. The molecule has 2 aromatic rings. The first-order chi connectivity index (χ1) is 13.3. The number of piperidine rings is 1. The highest BCUT2D eigenvalue weighted by Gasteiger charge is 2.27. The maximum absolute atomic E-state index is 12.7. The molecule has 150 valence electrons. The number of carbonyl (C=O) groups excluding carboxylic acids is 1. The summed E-state index contributed by atoms with van der Waals surface area (Å²) < 4.78 is 32.5. The number of rotatable bonds is 6. The van der Waals surface area contributed by atoms with Crippen LogP contribution in [0.3, 0.4) is 0 Å². The summed E-state index contributed by atoms with van der Waals surface area (Å²) in [6, 6.07) is 13.7. The predicted molar refractivity (Wildman–Crippen MR) is 109 cm³/mol. The number of carbonyl (C=O) groups is 1. The maximum atomic E-state index is 12.7. The number of nitrogens with one attached hydrogen (secondary N) is 1. The molecule has 1 aliphatic rings. The quantitative estimate of drug-likeness (QED) is 0.803.